The van der Waals surface area contributed by atoms with E-state index in [1.807, 2.05) is 31.2 Å². The first-order valence-electron chi connectivity index (χ1n) is 9.22. The number of carbonyl (C=O) groups excluding carboxylic acids is 1. The van der Waals surface area contributed by atoms with Crippen LogP contribution < -0.4 is 9.80 Å². The fraction of sp³-hybridized carbons (Fsp3) is 0.611. The van der Waals surface area contributed by atoms with Gasteiger partial charge in [0.1, 0.15) is 0 Å². The molecule has 3 rings (SSSR count). The van der Waals surface area contributed by atoms with Crippen molar-refractivity contribution < 1.29 is 18.1 Å². The van der Waals surface area contributed by atoms with Gasteiger partial charge in [0.05, 0.1) is 48.4 Å². The van der Waals surface area contributed by atoms with Crippen molar-refractivity contribution in [3.8, 4) is 0 Å². The molecule has 2 saturated heterocycles. The minimum Gasteiger partial charge on any atom is -0.359 e. The topological polar surface area (TPSA) is 62.1 Å². The lowest BCUT2D eigenvalue weighted by molar-refractivity contribution is -0.892. The number of rotatable bonds is 5. The van der Waals surface area contributed by atoms with Gasteiger partial charge < -0.3 is 14.7 Å². The summed E-state index contributed by atoms with van der Waals surface area (Å²) >= 11 is 6.28. The van der Waals surface area contributed by atoms with E-state index in [-0.39, 0.29) is 23.5 Å². The molecule has 8 heteroatoms. The average Bonchev–Trinajstić information content (AvgIpc) is 2.96. The van der Waals surface area contributed by atoms with Crippen molar-refractivity contribution in [3.05, 3.63) is 29.3 Å². The molecule has 2 heterocycles. The first kappa shape index (κ1) is 19.5. The molecule has 0 bridgehead atoms. The van der Waals surface area contributed by atoms with Crippen LogP contribution in [0.5, 0.6) is 0 Å². The van der Waals surface area contributed by atoms with Crippen molar-refractivity contribution in [2.24, 2.45) is 0 Å². The maximum atomic E-state index is 12.7. The van der Waals surface area contributed by atoms with Gasteiger partial charge in [0.25, 0.3) is 5.91 Å². The molecule has 0 saturated carbocycles. The van der Waals surface area contributed by atoms with Crippen LogP contribution in [0.25, 0.3) is 0 Å². The predicted octanol–water partition coefficient (Wildman–Crippen LogP) is 0.0805. The normalized spacial score (nSPS) is 23.2. The molecule has 1 amide bonds. The summed E-state index contributed by atoms with van der Waals surface area (Å²) in [6, 6.07) is 7.68. The van der Waals surface area contributed by atoms with Crippen LogP contribution in [0.3, 0.4) is 0 Å². The van der Waals surface area contributed by atoms with Crippen LogP contribution in [0.1, 0.15) is 13.3 Å². The second-order valence-corrected chi connectivity index (χ2v) is 9.74. The van der Waals surface area contributed by atoms with Crippen LogP contribution in [0.4, 0.5) is 5.69 Å². The van der Waals surface area contributed by atoms with E-state index in [4.69, 9.17) is 11.6 Å². The number of piperazine rings is 1. The molecule has 2 aliphatic heterocycles. The maximum Gasteiger partial charge on any atom is 0.278 e. The van der Waals surface area contributed by atoms with Crippen molar-refractivity contribution in [3.63, 3.8) is 0 Å². The van der Waals surface area contributed by atoms with Crippen LogP contribution in [-0.2, 0) is 14.6 Å². The Morgan fingerprint density at radius 3 is 2.58 bits per heavy atom. The number of amides is 1. The van der Waals surface area contributed by atoms with Gasteiger partial charge in [-0.25, -0.2) is 8.42 Å². The van der Waals surface area contributed by atoms with Gasteiger partial charge in [-0.15, -0.1) is 0 Å². The molecule has 26 heavy (non-hydrogen) atoms. The Labute approximate surface area is 160 Å². The lowest BCUT2D eigenvalue weighted by Crippen LogP contribution is -3.16. The standard InChI is InChI=1S/C18H26ClN3O3S/c1-2-22(15-7-12-26(24,25)14-15)18(23)13-20-8-10-21(11-9-20)17-6-4-3-5-16(17)19/h3-6,15H,2,7-14H2,1H3/p+1/t15-/m1/s1. The molecule has 1 atom stereocenters. The van der Waals surface area contributed by atoms with Crippen LogP contribution in [0.2, 0.25) is 5.02 Å². The van der Waals surface area contributed by atoms with Gasteiger partial charge in [-0.1, -0.05) is 23.7 Å². The molecule has 0 aliphatic carbocycles. The van der Waals surface area contributed by atoms with Gasteiger partial charge in [-0.05, 0) is 25.5 Å². The van der Waals surface area contributed by atoms with Gasteiger partial charge in [-0.3, -0.25) is 4.79 Å². The number of nitrogens with zero attached hydrogens (tertiary/aromatic N) is 2. The minimum absolute atomic E-state index is 0.0655. The van der Waals surface area contributed by atoms with Gasteiger partial charge >= 0.3 is 0 Å². The maximum absolute atomic E-state index is 12.7. The summed E-state index contributed by atoms with van der Waals surface area (Å²) in [5.74, 6) is 0.378. The molecule has 0 spiro atoms. The molecule has 0 aromatic heterocycles. The number of halogens is 1. The SMILES string of the molecule is CCN(C(=O)C[NH+]1CCN(c2ccccc2Cl)CC1)[C@@H]1CCS(=O)(=O)C1. The molecule has 6 nitrogen and oxygen atoms in total. The van der Waals surface area contributed by atoms with Crippen LogP contribution >= 0.6 is 11.6 Å². The molecular weight excluding hydrogens is 374 g/mol. The third-order valence-corrected chi connectivity index (χ3v) is 7.45. The zero-order chi connectivity index (χ0) is 18.7. The molecule has 2 aliphatic rings. The van der Waals surface area contributed by atoms with Gasteiger partial charge in [0.15, 0.2) is 16.4 Å². The molecule has 2 fully saturated rings. The first-order chi connectivity index (χ1) is 12.4. The highest BCUT2D eigenvalue weighted by Crippen LogP contribution is 2.24. The highest BCUT2D eigenvalue weighted by atomic mass is 35.5. The Kier molecular flexibility index (Phi) is 6.10. The second-order valence-electron chi connectivity index (χ2n) is 7.10. The van der Waals surface area contributed by atoms with E-state index in [1.165, 1.54) is 4.90 Å². The van der Waals surface area contributed by atoms with E-state index in [2.05, 4.69) is 4.90 Å². The van der Waals surface area contributed by atoms with Gasteiger partial charge in [0.2, 0.25) is 0 Å². The lowest BCUT2D eigenvalue weighted by Gasteiger charge is -2.35. The summed E-state index contributed by atoms with van der Waals surface area (Å²) in [6.07, 6.45) is 0.567. The van der Waals surface area contributed by atoms with Crippen LogP contribution in [-0.4, -0.2) is 76.0 Å². The van der Waals surface area contributed by atoms with E-state index in [0.717, 1.165) is 36.9 Å². The Morgan fingerprint density at radius 1 is 1.31 bits per heavy atom. The number of hydrogen-bond acceptors (Lipinski definition) is 4. The molecule has 1 aromatic rings. The highest BCUT2D eigenvalue weighted by Gasteiger charge is 2.35. The van der Waals surface area contributed by atoms with Crippen molar-refractivity contribution >= 4 is 33.0 Å². The Balaban J connectivity index is 1.53. The summed E-state index contributed by atoms with van der Waals surface area (Å²) < 4.78 is 23.4. The molecule has 144 valence electrons. The second kappa shape index (κ2) is 8.15. The van der Waals surface area contributed by atoms with Gasteiger partial charge in [-0.2, -0.15) is 0 Å². The van der Waals surface area contributed by atoms with Crippen molar-refractivity contribution in [1.29, 1.82) is 0 Å². The Bertz CT molecular complexity index is 748. The fourth-order valence-corrected chi connectivity index (χ4v) is 5.91. The van der Waals surface area contributed by atoms with E-state index < -0.39 is 9.84 Å². The quantitative estimate of drug-likeness (QED) is 0.760. The number of anilines is 1. The minimum atomic E-state index is -2.98. The van der Waals surface area contributed by atoms with Crippen LogP contribution in [0, 0.1) is 0 Å². The summed E-state index contributed by atoms with van der Waals surface area (Å²) in [4.78, 5) is 18.0. The van der Waals surface area contributed by atoms with Gasteiger partial charge in [0, 0.05) is 12.6 Å². The summed E-state index contributed by atoms with van der Waals surface area (Å²) in [5.41, 5.74) is 1.05. The largest absolute Gasteiger partial charge is 0.359 e. The third kappa shape index (κ3) is 4.50. The highest BCUT2D eigenvalue weighted by molar-refractivity contribution is 7.91. The number of quaternary nitrogens is 1. The molecule has 0 radical (unpaired) electrons. The number of nitrogens with one attached hydrogen (secondary N) is 1. The summed E-state index contributed by atoms with van der Waals surface area (Å²) in [6.45, 7) is 6.38. The average molecular weight is 401 g/mol. The number of hydrogen-bond donors (Lipinski definition) is 1. The number of sulfone groups is 1. The van der Waals surface area contributed by atoms with E-state index in [9.17, 15) is 13.2 Å². The summed E-state index contributed by atoms with van der Waals surface area (Å²) in [7, 11) is -2.98. The first-order valence-corrected chi connectivity index (χ1v) is 11.4. The predicted molar refractivity (Wildman–Crippen MR) is 104 cm³/mol. The number of carbonyl (C=O) groups is 1. The number of para-hydroxylation sites is 1. The van der Waals surface area contributed by atoms with Crippen molar-refractivity contribution in [2.75, 3.05) is 55.7 Å². The molecular formula is C18H27ClN3O3S+. The van der Waals surface area contributed by atoms with E-state index >= 15 is 0 Å². The van der Waals surface area contributed by atoms with E-state index in [0.29, 0.717) is 19.5 Å². The van der Waals surface area contributed by atoms with E-state index in [1.54, 1.807) is 4.90 Å². The zero-order valence-corrected chi connectivity index (χ0v) is 16.7. The summed E-state index contributed by atoms with van der Waals surface area (Å²) in [5, 5.41) is 0.756. The molecule has 1 aromatic carbocycles. The lowest BCUT2D eigenvalue weighted by atomic mass is 10.2. The molecule has 1 N–H and O–H groups in total. The van der Waals surface area contributed by atoms with Crippen LogP contribution in [0.15, 0.2) is 24.3 Å². The Morgan fingerprint density at radius 2 is 2.00 bits per heavy atom. The molecule has 0 unspecified atom stereocenters. The Hall–Kier alpha value is -1.31. The zero-order valence-electron chi connectivity index (χ0n) is 15.2. The fourth-order valence-electron chi connectivity index (χ4n) is 3.92. The number of benzene rings is 1. The third-order valence-electron chi connectivity index (χ3n) is 5.38. The number of likely N-dealkylation sites (N-methyl/N-ethyl adjacent to an activating group) is 1. The van der Waals surface area contributed by atoms with Crippen molar-refractivity contribution in [2.45, 2.75) is 19.4 Å². The monoisotopic (exact) mass is 400 g/mol. The van der Waals surface area contributed by atoms with Crippen molar-refractivity contribution in [1.82, 2.24) is 4.90 Å². The smallest absolute Gasteiger partial charge is 0.278 e.